The fourth-order valence-electron chi connectivity index (χ4n) is 3.03. The minimum atomic E-state index is 0.0539. The number of hydrogen-bond acceptors (Lipinski definition) is 7. The summed E-state index contributed by atoms with van der Waals surface area (Å²) in [6.07, 6.45) is 4.20. The lowest BCUT2D eigenvalue weighted by molar-refractivity contribution is 0.322. The van der Waals surface area contributed by atoms with E-state index in [1.165, 1.54) is 0 Å². The van der Waals surface area contributed by atoms with Crippen molar-refractivity contribution in [3.63, 3.8) is 0 Å². The van der Waals surface area contributed by atoms with Crippen LogP contribution in [0.2, 0.25) is 0 Å². The number of rotatable bonds is 11. The van der Waals surface area contributed by atoms with Crippen LogP contribution in [0, 0.1) is 0 Å². The van der Waals surface area contributed by atoms with Gasteiger partial charge in [0.15, 0.2) is 0 Å². The number of hydrogen-bond donors (Lipinski definition) is 1. The highest BCUT2D eigenvalue weighted by Gasteiger charge is 2.32. The maximum absolute atomic E-state index is 5.77. The van der Waals surface area contributed by atoms with E-state index in [1.54, 1.807) is 11.3 Å². The first kappa shape index (κ1) is 22.9. The highest BCUT2D eigenvalue weighted by Crippen LogP contribution is 2.38. The van der Waals surface area contributed by atoms with Gasteiger partial charge in [-0.3, -0.25) is 0 Å². The van der Waals surface area contributed by atoms with E-state index in [9.17, 15) is 0 Å². The molecule has 1 aromatic heterocycles. The average molecular weight is 440 g/mol. The van der Waals surface area contributed by atoms with Crippen LogP contribution in [0.25, 0.3) is 0 Å². The van der Waals surface area contributed by atoms with Gasteiger partial charge in [0.25, 0.3) is 0 Å². The molecular formula is C20H29N3O2S3. The van der Waals surface area contributed by atoms with Crippen LogP contribution in [-0.2, 0) is 5.41 Å². The number of thiocarbonyl (C=S) groups is 1. The molecule has 0 fully saturated rings. The summed E-state index contributed by atoms with van der Waals surface area (Å²) in [5, 5.41) is 13.8. The summed E-state index contributed by atoms with van der Waals surface area (Å²) in [5.41, 5.74) is 0.803. The molecule has 8 heteroatoms. The molecule has 0 aliphatic carbocycles. The number of anilines is 1. The third-order valence-corrected chi connectivity index (χ3v) is 6.92. The fourth-order valence-corrected chi connectivity index (χ4v) is 5.66. The molecule has 0 saturated carbocycles. The topological polar surface area (TPSA) is 56.3 Å². The molecule has 0 atom stereocenters. The molecular weight excluding hydrogens is 410 g/mol. The number of benzene rings is 1. The van der Waals surface area contributed by atoms with Gasteiger partial charge in [0.1, 0.15) is 21.5 Å². The van der Waals surface area contributed by atoms with Gasteiger partial charge in [-0.15, -0.1) is 10.2 Å². The molecule has 28 heavy (non-hydrogen) atoms. The summed E-state index contributed by atoms with van der Waals surface area (Å²) in [5.74, 6) is 2.44. The van der Waals surface area contributed by atoms with Crippen molar-refractivity contribution in [2.45, 2.75) is 46.0 Å². The third-order valence-electron chi connectivity index (χ3n) is 4.69. The first-order valence-electron chi connectivity index (χ1n) is 9.58. The first-order valence-corrected chi connectivity index (χ1v) is 12.2. The Bertz CT molecular complexity index is 752. The van der Waals surface area contributed by atoms with Crippen LogP contribution < -0.4 is 14.8 Å². The van der Waals surface area contributed by atoms with Gasteiger partial charge < -0.3 is 14.8 Å². The van der Waals surface area contributed by atoms with Crippen LogP contribution in [0.4, 0.5) is 5.13 Å². The van der Waals surface area contributed by atoms with E-state index >= 15 is 0 Å². The van der Waals surface area contributed by atoms with E-state index in [4.69, 9.17) is 21.7 Å². The second-order valence-electron chi connectivity index (χ2n) is 6.28. The van der Waals surface area contributed by atoms with E-state index in [-0.39, 0.29) is 5.41 Å². The van der Waals surface area contributed by atoms with Crippen molar-refractivity contribution in [1.29, 1.82) is 0 Å². The fraction of sp³-hybridized carbons (Fsp3) is 0.550. The molecule has 0 unspecified atom stereocenters. The van der Waals surface area contributed by atoms with Crippen LogP contribution >= 0.6 is 35.3 Å². The van der Waals surface area contributed by atoms with E-state index in [0.717, 1.165) is 29.2 Å². The minimum Gasteiger partial charge on any atom is -0.493 e. The van der Waals surface area contributed by atoms with Crippen molar-refractivity contribution in [2.75, 3.05) is 30.5 Å². The smallest absolute Gasteiger partial charge is 0.210 e. The van der Waals surface area contributed by atoms with E-state index in [2.05, 4.69) is 35.6 Å². The molecule has 2 rings (SSSR count). The van der Waals surface area contributed by atoms with Crippen molar-refractivity contribution in [1.82, 2.24) is 10.2 Å². The summed E-state index contributed by atoms with van der Waals surface area (Å²) in [4.78, 5) is 0.527. The lowest BCUT2D eigenvalue weighted by atomic mass is 9.85. The summed E-state index contributed by atoms with van der Waals surface area (Å²) in [6.45, 7) is 9.44. The Kier molecular flexibility index (Phi) is 8.98. The summed E-state index contributed by atoms with van der Waals surface area (Å²) < 4.78 is 11.5. The standard InChI is InChI=1S/C20H29N3O2S3/c1-6-20(7-2,13-27-5)18-22-23-19(28-18)21-17(26)16-14(24-8-3)11-10-12-15(16)25-9-4/h10-12H,6-9,13H2,1-5H3,(H,21,23,26). The monoisotopic (exact) mass is 439 g/mol. The molecule has 1 N–H and O–H groups in total. The third kappa shape index (κ3) is 5.15. The summed E-state index contributed by atoms with van der Waals surface area (Å²) >= 11 is 9.10. The number of thioether (sulfide) groups is 1. The molecule has 154 valence electrons. The van der Waals surface area contributed by atoms with Crippen molar-refractivity contribution >= 4 is 45.4 Å². The second kappa shape index (κ2) is 11.0. The molecule has 1 aromatic carbocycles. The van der Waals surface area contributed by atoms with E-state index in [1.807, 2.05) is 43.8 Å². The lowest BCUT2D eigenvalue weighted by Gasteiger charge is -2.27. The molecule has 0 saturated heterocycles. The van der Waals surface area contributed by atoms with Crippen molar-refractivity contribution in [2.24, 2.45) is 0 Å². The zero-order valence-corrected chi connectivity index (χ0v) is 19.7. The number of ether oxygens (including phenoxy) is 2. The maximum atomic E-state index is 5.77. The van der Waals surface area contributed by atoms with Crippen LogP contribution in [0.1, 0.15) is 51.1 Å². The molecule has 1 heterocycles. The average Bonchev–Trinajstić information content (AvgIpc) is 3.15. The highest BCUT2D eigenvalue weighted by atomic mass is 32.2. The minimum absolute atomic E-state index is 0.0539. The van der Waals surface area contributed by atoms with Crippen molar-refractivity contribution in [3.05, 3.63) is 28.8 Å². The molecule has 0 radical (unpaired) electrons. The van der Waals surface area contributed by atoms with Crippen LogP contribution in [0.15, 0.2) is 18.2 Å². The molecule has 0 aliphatic rings. The van der Waals surface area contributed by atoms with Gasteiger partial charge in [-0.05, 0) is 45.1 Å². The Labute approximate surface area is 181 Å². The number of nitrogens with zero attached hydrogens (tertiary/aromatic N) is 2. The first-order chi connectivity index (χ1) is 13.5. The van der Waals surface area contributed by atoms with Crippen LogP contribution in [-0.4, -0.2) is 40.4 Å². The van der Waals surface area contributed by atoms with E-state index < -0.39 is 0 Å². The SMILES string of the molecule is CCOc1cccc(OCC)c1C(=S)Nc1nnc(C(CC)(CC)CSC)s1. The lowest BCUT2D eigenvalue weighted by Crippen LogP contribution is -2.27. The Balaban J connectivity index is 2.30. The maximum Gasteiger partial charge on any atom is 0.210 e. The van der Waals surface area contributed by atoms with Crippen molar-refractivity contribution < 1.29 is 9.47 Å². The normalized spacial score (nSPS) is 11.3. The zero-order chi connectivity index (χ0) is 20.6. The highest BCUT2D eigenvalue weighted by molar-refractivity contribution is 7.98. The Morgan fingerprint density at radius 3 is 2.21 bits per heavy atom. The summed E-state index contributed by atoms with van der Waals surface area (Å²) in [7, 11) is 0. The van der Waals surface area contributed by atoms with Gasteiger partial charge in [0, 0.05) is 11.2 Å². The van der Waals surface area contributed by atoms with Crippen LogP contribution in [0.3, 0.4) is 0 Å². The molecule has 0 aliphatic heterocycles. The van der Waals surface area contributed by atoms with Gasteiger partial charge in [0.2, 0.25) is 5.13 Å². The largest absolute Gasteiger partial charge is 0.493 e. The quantitative estimate of drug-likeness (QED) is 0.461. The molecule has 5 nitrogen and oxygen atoms in total. The molecule has 2 aromatic rings. The Morgan fingerprint density at radius 2 is 1.71 bits per heavy atom. The number of aromatic nitrogens is 2. The number of nitrogens with one attached hydrogen (secondary N) is 1. The predicted molar refractivity (Wildman–Crippen MR) is 125 cm³/mol. The zero-order valence-electron chi connectivity index (χ0n) is 17.2. The van der Waals surface area contributed by atoms with Gasteiger partial charge in [-0.1, -0.05) is 43.5 Å². The Morgan fingerprint density at radius 1 is 1.11 bits per heavy atom. The Hall–Kier alpha value is -1.38. The van der Waals surface area contributed by atoms with Gasteiger partial charge in [-0.2, -0.15) is 11.8 Å². The van der Waals surface area contributed by atoms with E-state index in [0.29, 0.717) is 34.8 Å². The van der Waals surface area contributed by atoms with Gasteiger partial charge in [-0.25, -0.2) is 0 Å². The summed E-state index contributed by atoms with van der Waals surface area (Å²) in [6, 6.07) is 5.71. The molecule has 0 amide bonds. The molecule has 0 spiro atoms. The van der Waals surface area contributed by atoms with Gasteiger partial charge >= 0.3 is 0 Å². The van der Waals surface area contributed by atoms with Crippen molar-refractivity contribution in [3.8, 4) is 11.5 Å². The molecule has 0 bridgehead atoms. The predicted octanol–water partition coefficient (Wildman–Crippen LogP) is 5.54. The second-order valence-corrected chi connectivity index (χ2v) is 8.53. The van der Waals surface area contributed by atoms with Gasteiger partial charge in [0.05, 0.1) is 18.8 Å². The van der Waals surface area contributed by atoms with Crippen LogP contribution in [0.5, 0.6) is 11.5 Å².